The van der Waals surface area contributed by atoms with Gasteiger partial charge in [-0.3, -0.25) is 4.79 Å². The van der Waals surface area contributed by atoms with Gasteiger partial charge in [0, 0.05) is 13.0 Å². The molecule has 0 aromatic rings. The van der Waals surface area contributed by atoms with Gasteiger partial charge in [0.1, 0.15) is 0 Å². The third-order valence-electron chi connectivity index (χ3n) is 2.42. The van der Waals surface area contributed by atoms with Gasteiger partial charge >= 0.3 is 0 Å². The van der Waals surface area contributed by atoms with Crippen LogP contribution in [0.5, 0.6) is 0 Å². The molecule has 0 heterocycles. The van der Waals surface area contributed by atoms with Crippen LogP contribution in [0.2, 0.25) is 0 Å². The molecule has 0 spiro atoms. The first-order valence-electron chi connectivity index (χ1n) is 4.92. The summed E-state index contributed by atoms with van der Waals surface area (Å²) in [6.45, 7) is 5.88. The van der Waals surface area contributed by atoms with E-state index in [1.54, 1.807) is 11.9 Å². The lowest BCUT2D eigenvalue weighted by Gasteiger charge is -2.26. The van der Waals surface area contributed by atoms with E-state index in [4.69, 9.17) is 5.11 Å². The Bertz CT molecular complexity index is 159. The Labute approximate surface area is 80.7 Å². The number of rotatable bonds is 5. The third-order valence-corrected chi connectivity index (χ3v) is 2.42. The van der Waals surface area contributed by atoms with Crippen LogP contribution in [0.4, 0.5) is 0 Å². The van der Waals surface area contributed by atoms with Crippen LogP contribution in [0.25, 0.3) is 0 Å². The van der Waals surface area contributed by atoms with Crippen LogP contribution in [0.1, 0.15) is 33.6 Å². The molecule has 3 heteroatoms. The molecule has 0 saturated heterocycles. The van der Waals surface area contributed by atoms with Gasteiger partial charge in [-0.05, 0) is 13.3 Å². The van der Waals surface area contributed by atoms with Gasteiger partial charge in [0.05, 0.1) is 12.6 Å². The van der Waals surface area contributed by atoms with Crippen molar-refractivity contribution in [2.75, 3.05) is 13.7 Å². The van der Waals surface area contributed by atoms with Crippen LogP contribution in [-0.2, 0) is 4.79 Å². The maximum atomic E-state index is 11.6. The average molecular weight is 187 g/mol. The molecule has 0 saturated carbocycles. The summed E-state index contributed by atoms with van der Waals surface area (Å²) in [4.78, 5) is 13.3. The van der Waals surface area contributed by atoms with E-state index in [2.05, 4.69) is 6.92 Å². The highest BCUT2D eigenvalue weighted by molar-refractivity contribution is 5.78. The van der Waals surface area contributed by atoms with E-state index in [1.807, 2.05) is 13.8 Å². The summed E-state index contributed by atoms with van der Waals surface area (Å²) in [6, 6.07) is -0.0770. The Hall–Kier alpha value is -0.570. The molecule has 2 atom stereocenters. The number of aliphatic hydroxyl groups is 1. The third kappa shape index (κ3) is 3.77. The molecule has 0 rings (SSSR count). The van der Waals surface area contributed by atoms with Crippen molar-refractivity contribution in [1.29, 1.82) is 0 Å². The summed E-state index contributed by atoms with van der Waals surface area (Å²) in [6.07, 6.45) is 1.94. The predicted octanol–water partition coefficient (Wildman–Crippen LogP) is 1.26. The van der Waals surface area contributed by atoms with E-state index in [0.717, 1.165) is 12.8 Å². The molecule has 0 bridgehead atoms. The van der Waals surface area contributed by atoms with Crippen molar-refractivity contribution < 1.29 is 9.90 Å². The Morgan fingerprint density at radius 1 is 1.46 bits per heavy atom. The molecule has 0 aliphatic heterocycles. The second kappa shape index (κ2) is 5.97. The highest BCUT2D eigenvalue weighted by Crippen LogP contribution is 2.10. The molecular formula is C10H21NO2. The standard InChI is InChI=1S/C10H21NO2/c1-5-6-8(2)10(13)11(4)9(3)7-12/h8-9,12H,5-7H2,1-4H3. The predicted molar refractivity (Wildman–Crippen MR) is 53.4 cm³/mol. The fourth-order valence-corrected chi connectivity index (χ4v) is 1.24. The van der Waals surface area contributed by atoms with Crippen molar-refractivity contribution in [3.8, 4) is 0 Å². The van der Waals surface area contributed by atoms with E-state index < -0.39 is 0 Å². The summed E-state index contributed by atoms with van der Waals surface area (Å²) < 4.78 is 0. The Morgan fingerprint density at radius 2 is 2.00 bits per heavy atom. The van der Waals surface area contributed by atoms with Crippen LogP contribution in [-0.4, -0.2) is 35.6 Å². The monoisotopic (exact) mass is 187 g/mol. The average Bonchev–Trinajstić information content (AvgIpc) is 2.14. The van der Waals surface area contributed by atoms with E-state index in [1.165, 1.54) is 0 Å². The fraction of sp³-hybridized carbons (Fsp3) is 0.900. The van der Waals surface area contributed by atoms with E-state index in [0.29, 0.717) is 0 Å². The van der Waals surface area contributed by atoms with Crippen LogP contribution in [0.3, 0.4) is 0 Å². The summed E-state index contributed by atoms with van der Waals surface area (Å²) >= 11 is 0. The Morgan fingerprint density at radius 3 is 2.38 bits per heavy atom. The van der Waals surface area contributed by atoms with E-state index in [-0.39, 0.29) is 24.5 Å². The first kappa shape index (κ1) is 12.4. The Kier molecular flexibility index (Phi) is 5.71. The topological polar surface area (TPSA) is 40.5 Å². The lowest BCUT2D eigenvalue weighted by molar-refractivity contribution is -0.136. The van der Waals surface area contributed by atoms with Crippen molar-refractivity contribution >= 4 is 5.91 Å². The van der Waals surface area contributed by atoms with Crippen molar-refractivity contribution in [1.82, 2.24) is 4.90 Å². The molecule has 13 heavy (non-hydrogen) atoms. The highest BCUT2D eigenvalue weighted by atomic mass is 16.3. The largest absolute Gasteiger partial charge is 0.394 e. The lowest BCUT2D eigenvalue weighted by atomic mass is 10.0. The molecule has 0 aliphatic rings. The number of aliphatic hydroxyl groups excluding tert-OH is 1. The number of likely N-dealkylation sites (N-methyl/N-ethyl adjacent to an activating group) is 1. The molecule has 2 unspecified atom stereocenters. The van der Waals surface area contributed by atoms with Gasteiger partial charge in [-0.1, -0.05) is 20.3 Å². The van der Waals surface area contributed by atoms with Gasteiger partial charge in [-0.25, -0.2) is 0 Å². The number of amides is 1. The van der Waals surface area contributed by atoms with Gasteiger partial charge in [-0.2, -0.15) is 0 Å². The quantitative estimate of drug-likeness (QED) is 0.704. The number of hydrogen-bond acceptors (Lipinski definition) is 2. The Balaban J connectivity index is 4.08. The number of carbonyl (C=O) groups excluding carboxylic acids is 1. The van der Waals surface area contributed by atoms with Crippen molar-refractivity contribution in [3.63, 3.8) is 0 Å². The van der Waals surface area contributed by atoms with Crippen molar-refractivity contribution in [3.05, 3.63) is 0 Å². The molecule has 1 amide bonds. The lowest BCUT2D eigenvalue weighted by Crippen LogP contribution is -2.40. The van der Waals surface area contributed by atoms with Crippen LogP contribution in [0.15, 0.2) is 0 Å². The second-order valence-corrected chi connectivity index (χ2v) is 3.67. The zero-order valence-electron chi connectivity index (χ0n) is 9.08. The number of carbonyl (C=O) groups is 1. The molecule has 78 valence electrons. The van der Waals surface area contributed by atoms with Crippen LogP contribution in [0, 0.1) is 5.92 Å². The molecule has 0 aliphatic carbocycles. The van der Waals surface area contributed by atoms with Gasteiger partial charge in [-0.15, -0.1) is 0 Å². The van der Waals surface area contributed by atoms with Gasteiger partial charge < -0.3 is 10.0 Å². The molecule has 0 radical (unpaired) electrons. The van der Waals surface area contributed by atoms with Gasteiger partial charge in [0.25, 0.3) is 0 Å². The molecule has 0 fully saturated rings. The number of nitrogens with zero attached hydrogens (tertiary/aromatic N) is 1. The van der Waals surface area contributed by atoms with Gasteiger partial charge in [0.15, 0.2) is 0 Å². The molecular weight excluding hydrogens is 166 g/mol. The minimum atomic E-state index is -0.0770. The molecule has 0 aromatic heterocycles. The van der Waals surface area contributed by atoms with Crippen LogP contribution >= 0.6 is 0 Å². The SMILES string of the molecule is CCCC(C)C(=O)N(C)C(C)CO. The van der Waals surface area contributed by atoms with Crippen molar-refractivity contribution in [2.24, 2.45) is 5.92 Å². The first-order valence-corrected chi connectivity index (χ1v) is 4.92. The highest BCUT2D eigenvalue weighted by Gasteiger charge is 2.19. The molecule has 3 nitrogen and oxygen atoms in total. The summed E-state index contributed by atoms with van der Waals surface area (Å²) in [7, 11) is 1.75. The number of hydrogen-bond donors (Lipinski definition) is 1. The zero-order chi connectivity index (χ0) is 10.4. The van der Waals surface area contributed by atoms with E-state index >= 15 is 0 Å². The summed E-state index contributed by atoms with van der Waals surface area (Å²) in [5.74, 6) is 0.201. The second-order valence-electron chi connectivity index (χ2n) is 3.67. The molecule has 0 aromatic carbocycles. The minimum absolute atomic E-state index is 0.0289. The fourth-order valence-electron chi connectivity index (χ4n) is 1.24. The smallest absolute Gasteiger partial charge is 0.225 e. The van der Waals surface area contributed by atoms with E-state index in [9.17, 15) is 4.79 Å². The normalized spacial score (nSPS) is 15.2. The zero-order valence-corrected chi connectivity index (χ0v) is 9.08. The van der Waals surface area contributed by atoms with Gasteiger partial charge in [0.2, 0.25) is 5.91 Å². The van der Waals surface area contributed by atoms with Crippen LogP contribution < -0.4 is 0 Å². The summed E-state index contributed by atoms with van der Waals surface area (Å²) in [5, 5.41) is 8.87. The van der Waals surface area contributed by atoms with Crippen molar-refractivity contribution in [2.45, 2.75) is 39.7 Å². The minimum Gasteiger partial charge on any atom is -0.394 e. The maximum absolute atomic E-state index is 11.6. The first-order chi connectivity index (χ1) is 6.04. The maximum Gasteiger partial charge on any atom is 0.225 e. The molecule has 1 N–H and O–H groups in total. The summed E-state index contributed by atoms with van der Waals surface area (Å²) in [5.41, 5.74) is 0.